The fourth-order valence-corrected chi connectivity index (χ4v) is 3.11. The highest BCUT2D eigenvalue weighted by atomic mass is 32.2. The Morgan fingerprint density at radius 3 is 2.43 bits per heavy atom. The molecule has 0 atom stereocenters. The number of benzene rings is 2. The number of thioether (sulfide) groups is 1. The van der Waals surface area contributed by atoms with E-state index in [0.29, 0.717) is 10.9 Å². The van der Waals surface area contributed by atoms with Gasteiger partial charge in [0.1, 0.15) is 5.82 Å². The van der Waals surface area contributed by atoms with Gasteiger partial charge in [-0.05, 0) is 35.8 Å². The lowest BCUT2D eigenvalue weighted by Crippen LogP contribution is -2.37. The van der Waals surface area contributed by atoms with Crippen LogP contribution < -0.4 is 10.6 Å². The Bertz CT molecular complexity index is 605. The van der Waals surface area contributed by atoms with Gasteiger partial charge in [-0.2, -0.15) is 11.8 Å². The molecule has 0 saturated heterocycles. The summed E-state index contributed by atoms with van der Waals surface area (Å²) in [6.07, 6.45) is 0.949. The first kappa shape index (κ1) is 17.8. The van der Waals surface area contributed by atoms with Gasteiger partial charge in [0.15, 0.2) is 5.11 Å². The zero-order valence-electron chi connectivity index (χ0n) is 12.9. The highest BCUT2D eigenvalue weighted by Gasteiger charge is 2.00. The molecule has 0 bridgehead atoms. The molecule has 0 radical (unpaired) electrons. The smallest absolute Gasteiger partial charge is 0.166 e. The van der Waals surface area contributed by atoms with Crippen molar-refractivity contribution in [3.05, 3.63) is 71.5 Å². The standard InChI is InChI=1S/C18H21FN2S2/c19-17-9-5-4-8-16(17)14-23-13-12-21-18(22)20-11-10-15-6-2-1-3-7-15/h1-9H,10-14H2,(H2,20,21,22). The molecule has 0 amide bonds. The van der Waals surface area contributed by atoms with E-state index in [1.165, 1.54) is 11.6 Å². The summed E-state index contributed by atoms with van der Waals surface area (Å²) in [5.41, 5.74) is 2.05. The number of thiocarbonyl (C=S) groups is 1. The van der Waals surface area contributed by atoms with Gasteiger partial charge in [0.25, 0.3) is 0 Å². The zero-order valence-corrected chi connectivity index (χ0v) is 14.6. The van der Waals surface area contributed by atoms with Crippen LogP contribution in [0, 0.1) is 5.82 Å². The van der Waals surface area contributed by atoms with E-state index >= 15 is 0 Å². The van der Waals surface area contributed by atoms with Crippen molar-refractivity contribution in [1.82, 2.24) is 10.6 Å². The van der Waals surface area contributed by atoms with Crippen molar-refractivity contribution in [1.29, 1.82) is 0 Å². The molecule has 2 N–H and O–H groups in total. The van der Waals surface area contributed by atoms with Crippen molar-refractivity contribution < 1.29 is 4.39 Å². The van der Waals surface area contributed by atoms with Crippen LogP contribution in [-0.4, -0.2) is 24.0 Å². The van der Waals surface area contributed by atoms with Crippen molar-refractivity contribution in [2.24, 2.45) is 0 Å². The first-order valence-electron chi connectivity index (χ1n) is 7.62. The van der Waals surface area contributed by atoms with Crippen LogP contribution in [0.4, 0.5) is 4.39 Å². The Kier molecular flexibility index (Phi) is 7.90. The molecule has 0 heterocycles. The minimum absolute atomic E-state index is 0.133. The molecular formula is C18H21FN2S2. The predicted octanol–water partition coefficient (Wildman–Crippen LogP) is 3.77. The summed E-state index contributed by atoms with van der Waals surface area (Å²) in [6.45, 7) is 1.59. The second-order valence-corrected chi connectivity index (χ2v) is 6.58. The van der Waals surface area contributed by atoms with Crippen molar-refractivity contribution >= 4 is 29.1 Å². The SMILES string of the molecule is Fc1ccccc1CSCCNC(=S)NCCc1ccccc1. The van der Waals surface area contributed by atoms with Crippen LogP contribution in [0.1, 0.15) is 11.1 Å². The maximum atomic E-state index is 13.4. The van der Waals surface area contributed by atoms with Gasteiger partial charge in [0.05, 0.1) is 0 Å². The van der Waals surface area contributed by atoms with Crippen molar-refractivity contribution in [3.63, 3.8) is 0 Å². The topological polar surface area (TPSA) is 24.1 Å². The predicted molar refractivity (Wildman–Crippen MR) is 101 cm³/mol. The van der Waals surface area contributed by atoms with E-state index < -0.39 is 0 Å². The van der Waals surface area contributed by atoms with E-state index in [1.54, 1.807) is 17.8 Å². The molecule has 0 unspecified atom stereocenters. The average molecular weight is 349 g/mol. The van der Waals surface area contributed by atoms with Crippen LogP contribution in [0.3, 0.4) is 0 Å². The van der Waals surface area contributed by atoms with Crippen LogP contribution in [0.5, 0.6) is 0 Å². The number of halogens is 1. The molecule has 0 aromatic heterocycles. The molecule has 2 aromatic rings. The molecule has 2 aromatic carbocycles. The molecular weight excluding hydrogens is 327 g/mol. The van der Waals surface area contributed by atoms with Crippen LogP contribution in [-0.2, 0) is 12.2 Å². The van der Waals surface area contributed by atoms with Gasteiger partial charge < -0.3 is 10.6 Å². The molecule has 2 nitrogen and oxygen atoms in total. The highest BCUT2D eigenvalue weighted by Crippen LogP contribution is 2.14. The van der Waals surface area contributed by atoms with E-state index in [1.807, 2.05) is 30.3 Å². The van der Waals surface area contributed by atoms with E-state index in [2.05, 4.69) is 22.8 Å². The third-order valence-electron chi connectivity index (χ3n) is 3.29. The Labute approximate surface area is 146 Å². The third-order valence-corrected chi connectivity index (χ3v) is 4.59. The summed E-state index contributed by atoms with van der Waals surface area (Å²) in [4.78, 5) is 0. The first-order chi connectivity index (χ1) is 11.3. The lowest BCUT2D eigenvalue weighted by Gasteiger charge is -2.10. The summed E-state index contributed by atoms with van der Waals surface area (Å²) in [6, 6.07) is 17.2. The maximum Gasteiger partial charge on any atom is 0.166 e. The molecule has 0 aliphatic rings. The van der Waals surface area contributed by atoms with E-state index in [0.717, 1.165) is 30.8 Å². The molecule has 0 saturated carbocycles. The second kappa shape index (κ2) is 10.2. The summed E-state index contributed by atoms with van der Waals surface area (Å²) < 4.78 is 13.4. The van der Waals surface area contributed by atoms with Gasteiger partial charge >= 0.3 is 0 Å². The minimum atomic E-state index is -0.133. The van der Waals surface area contributed by atoms with Gasteiger partial charge in [-0.15, -0.1) is 0 Å². The van der Waals surface area contributed by atoms with Crippen LogP contribution >= 0.6 is 24.0 Å². The molecule has 23 heavy (non-hydrogen) atoms. The molecule has 0 aliphatic carbocycles. The molecule has 0 fully saturated rings. The fourth-order valence-electron chi connectivity index (χ4n) is 2.06. The lowest BCUT2D eigenvalue weighted by atomic mass is 10.1. The van der Waals surface area contributed by atoms with Gasteiger partial charge in [-0.25, -0.2) is 4.39 Å². The molecule has 5 heteroatoms. The number of hydrogen-bond donors (Lipinski definition) is 2. The summed E-state index contributed by atoms with van der Waals surface area (Å²) in [5.74, 6) is 1.43. The highest BCUT2D eigenvalue weighted by molar-refractivity contribution is 7.98. The Hall–Kier alpha value is -1.59. The quantitative estimate of drug-likeness (QED) is 0.560. The number of rotatable bonds is 8. The average Bonchev–Trinajstić information content (AvgIpc) is 2.57. The lowest BCUT2D eigenvalue weighted by molar-refractivity contribution is 0.617. The molecule has 2 rings (SSSR count). The minimum Gasteiger partial charge on any atom is -0.362 e. The van der Waals surface area contributed by atoms with Crippen molar-refractivity contribution in [3.8, 4) is 0 Å². The molecule has 0 spiro atoms. The van der Waals surface area contributed by atoms with Gasteiger partial charge in [0.2, 0.25) is 0 Å². The van der Waals surface area contributed by atoms with E-state index in [4.69, 9.17) is 12.2 Å². The van der Waals surface area contributed by atoms with Gasteiger partial charge in [-0.1, -0.05) is 48.5 Å². The van der Waals surface area contributed by atoms with E-state index in [9.17, 15) is 4.39 Å². The molecule has 0 aliphatic heterocycles. The summed E-state index contributed by atoms with van der Waals surface area (Å²) in [7, 11) is 0. The number of hydrogen-bond acceptors (Lipinski definition) is 2. The Balaban J connectivity index is 1.52. The van der Waals surface area contributed by atoms with Gasteiger partial charge in [-0.3, -0.25) is 0 Å². The Morgan fingerprint density at radius 1 is 0.957 bits per heavy atom. The fraction of sp³-hybridized carbons (Fsp3) is 0.278. The second-order valence-electron chi connectivity index (χ2n) is 5.06. The van der Waals surface area contributed by atoms with Gasteiger partial charge in [0, 0.05) is 24.6 Å². The zero-order chi connectivity index (χ0) is 16.3. The molecule has 122 valence electrons. The van der Waals surface area contributed by atoms with Crippen molar-refractivity contribution in [2.75, 3.05) is 18.8 Å². The monoisotopic (exact) mass is 348 g/mol. The summed E-state index contributed by atoms with van der Waals surface area (Å²) in [5, 5.41) is 7.05. The van der Waals surface area contributed by atoms with Crippen molar-refractivity contribution in [2.45, 2.75) is 12.2 Å². The Morgan fingerprint density at radius 2 is 1.65 bits per heavy atom. The maximum absolute atomic E-state index is 13.4. The van der Waals surface area contributed by atoms with Crippen LogP contribution in [0.25, 0.3) is 0 Å². The van der Waals surface area contributed by atoms with Crippen LogP contribution in [0.2, 0.25) is 0 Å². The largest absolute Gasteiger partial charge is 0.362 e. The third kappa shape index (κ3) is 7.01. The van der Waals surface area contributed by atoms with E-state index in [-0.39, 0.29) is 5.82 Å². The van der Waals surface area contributed by atoms with Crippen LogP contribution in [0.15, 0.2) is 54.6 Å². The normalized spacial score (nSPS) is 10.3. The first-order valence-corrected chi connectivity index (χ1v) is 9.19. The summed E-state index contributed by atoms with van der Waals surface area (Å²) >= 11 is 6.94. The number of nitrogens with one attached hydrogen (secondary N) is 2.